The van der Waals surface area contributed by atoms with Gasteiger partial charge in [-0.25, -0.2) is 0 Å². The molecule has 0 aliphatic carbocycles. The maximum Gasteiger partial charge on any atom is 0.296 e. The molecule has 0 radical (unpaired) electrons. The predicted octanol–water partition coefficient (Wildman–Crippen LogP) is 0.365. The third-order valence-electron chi connectivity index (χ3n) is 1.46. The molecule has 0 unspecified atom stereocenters. The van der Waals surface area contributed by atoms with Crippen LogP contribution in [0.5, 0.6) is 11.5 Å². The number of aliphatic hydroxyl groups excluding tert-OH is 1. The molecular formula is C8H11O3+. The summed E-state index contributed by atoms with van der Waals surface area (Å²) >= 11 is 0. The van der Waals surface area contributed by atoms with Gasteiger partial charge in [0.1, 0.15) is 0 Å². The van der Waals surface area contributed by atoms with Crippen molar-refractivity contribution in [1.82, 2.24) is 0 Å². The van der Waals surface area contributed by atoms with Crippen LogP contribution in [0.1, 0.15) is 5.56 Å². The second-order valence-corrected chi connectivity index (χ2v) is 2.33. The third-order valence-corrected chi connectivity index (χ3v) is 1.46. The molecule has 4 N–H and O–H groups in total. The molecule has 0 heterocycles. The summed E-state index contributed by atoms with van der Waals surface area (Å²) in [6.07, 6.45) is 0.522. The number of benzene rings is 1. The van der Waals surface area contributed by atoms with Gasteiger partial charge in [-0.3, -0.25) is 0 Å². The first-order valence-electron chi connectivity index (χ1n) is 3.38. The molecule has 3 heteroatoms. The SMILES string of the molecule is OCCc1ccc([OH2+])c(O)c1. The Balaban J connectivity index is 2.86. The normalized spacial score (nSPS) is 9.91. The lowest BCUT2D eigenvalue weighted by molar-refractivity contribution is 0.299. The molecule has 0 amide bonds. The van der Waals surface area contributed by atoms with E-state index in [1.54, 1.807) is 6.07 Å². The maximum atomic E-state index is 9.06. The van der Waals surface area contributed by atoms with Crippen LogP contribution < -0.4 is 0 Å². The lowest BCUT2D eigenvalue weighted by Crippen LogP contribution is -1.89. The van der Waals surface area contributed by atoms with Gasteiger partial charge in [-0.2, -0.15) is 0 Å². The van der Waals surface area contributed by atoms with Crippen LogP contribution in [0.4, 0.5) is 0 Å². The van der Waals surface area contributed by atoms with Crippen LogP contribution in [0.25, 0.3) is 0 Å². The molecule has 1 aromatic rings. The first-order valence-corrected chi connectivity index (χ1v) is 3.38. The first kappa shape index (κ1) is 7.88. The first-order chi connectivity index (χ1) is 5.24. The van der Waals surface area contributed by atoms with Gasteiger partial charge in [-0.05, 0) is 24.1 Å². The molecule has 0 saturated carbocycles. The number of aliphatic hydroxyl groups is 1. The summed E-state index contributed by atoms with van der Waals surface area (Å²) in [6.45, 7) is 0.0663. The number of phenolic OH excluding ortho intramolecular Hbond substituents is 1. The summed E-state index contributed by atoms with van der Waals surface area (Å²) in [6, 6.07) is 4.73. The monoisotopic (exact) mass is 155 g/mol. The van der Waals surface area contributed by atoms with Gasteiger partial charge < -0.3 is 15.3 Å². The number of hydrogen-bond donors (Lipinski definition) is 2. The van der Waals surface area contributed by atoms with E-state index >= 15 is 0 Å². The van der Waals surface area contributed by atoms with E-state index in [0.717, 1.165) is 5.56 Å². The van der Waals surface area contributed by atoms with Crippen molar-refractivity contribution in [2.24, 2.45) is 0 Å². The number of phenols is 1. The lowest BCUT2D eigenvalue weighted by atomic mass is 10.1. The van der Waals surface area contributed by atoms with Crippen LogP contribution in [-0.4, -0.2) is 21.9 Å². The highest BCUT2D eigenvalue weighted by molar-refractivity contribution is 5.40. The summed E-state index contributed by atoms with van der Waals surface area (Å²) in [5.41, 5.74) is 0.848. The Bertz CT molecular complexity index is 245. The molecule has 0 atom stereocenters. The summed E-state index contributed by atoms with van der Waals surface area (Å²) in [5.74, 6) is 0.0858. The minimum absolute atomic E-state index is 0.0315. The van der Waals surface area contributed by atoms with Crippen molar-refractivity contribution >= 4 is 0 Å². The van der Waals surface area contributed by atoms with E-state index in [0.29, 0.717) is 6.42 Å². The van der Waals surface area contributed by atoms with Crippen molar-refractivity contribution in [3.8, 4) is 11.5 Å². The van der Waals surface area contributed by atoms with Crippen LogP contribution in [0.3, 0.4) is 0 Å². The van der Waals surface area contributed by atoms with Gasteiger partial charge in [0.05, 0.1) is 0 Å². The van der Waals surface area contributed by atoms with Crippen molar-refractivity contribution < 1.29 is 15.3 Å². The Hall–Kier alpha value is -1.22. The van der Waals surface area contributed by atoms with E-state index in [1.165, 1.54) is 12.1 Å². The molecule has 0 saturated heterocycles. The van der Waals surface area contributed by atoms with Crippen molar-refractivity contribution in [3.05, 3.63) is 23.8 Å². The summed E-state index contributed by atoms with van der Waals surface area (Å²) < 4.78 is 0. The highest BCUT2D eigenvalue weighted by atomic mass is 16.3. The van der Waals surface area contributed by atoms with Crippen molar-refractivity contribution in [2.75, 3.05) is 6.61 Å². The van der Waals surface area contributed by atoms with E-state index in [2.05, 4.69) is 0 Å². The van der Waals surface area contributed by atoms with Crippen molar-refractivity contribution in [3.63, 3.8) is 0 Å². The number of hydrogen-bond acceptors (Lipinski definition) is 2. The molecule has 0 bridgehead atoms. The molecule has 1 rings (SSSR count). The zero-order valence-corrected chi connectivity index (χ0v) is 6.04. The maximum absolute atomic E-state index is 9.06. The fourth-order valence-corrected chi connectivity index (χ4v) is 0.862. The minimum atomic E-state index is -0.0315. The highest BCUT2D eigenvalue weighted by Gasteiger charge is 2.02. The van der Waals surface area contributed by atoms with E-state index in [4.69, 9.17) is 15.3 Å². The van der Waals surface area contributed by atoms with Gasteiger partial charge in [0, 0.05) is 12.7 Å². The Kier molecular flexibility index (Phi) is 2.33. The zero-order valence-electron chi connectivity index (χ0n) is 6.04. The third kappa shape index (κ3) is 1.85. The number of rotatable bonds is 2. The molecule has 1 aromatic carbocycles. The molecule has 0 aliphatic heterocycles. The molecular weight excluding hydrogens is 144 g/mol. The average molecular weight is 155 g/mol. The van der Waals surface area contributed by atoms with E-state index < -0.39 is 0 Å². The summed E-state index contributed by atoms with van der Waals surface area (Å²) in [5, 5.41) is 24.7. The summed E-state index contributed by atoms with van der Waals surface area (Å²) in [4.78, 5) is 0. The summed E-state index contributed by atoms with van der Waals surface area (Å²) in [7, 11) is 0. The Labute approximate surface area is 64.5 Å². The fraction of sp³-hybridized carbons (Fsp3) is 0.250. The highest BCUT2D eigenvalue weighted by Crippen LogP contribution is 2.24. The van der Waals surface area contributed by atoms with Crippen LogP contribution in [0.2, 0.25) is 0 Å². The van der Waals surface area contributed by atoms with Crippen molar-refractivity contribution in [2.45, 2.75) is 6.42 Å². The smallest absolute Gasteiger partial charge is 0.296 e. The average Bonchev–Trinajstić information content (AvgIpc) is 1.98. The molecule has 0 aliphatic rings. The van der Waals surface area contributed by atoms with E-state index in [1.807, 2.05) is 0 Å². The van der Waals surface area contributed by atoms with E-state index in [-0.39, 0.29) is 18.1 Å². The zero-order chi connectivity index (χ0) is 8.27. The lowest BCUT2D eigenvalue weighted by Gasteiger charge is -1.97. The molecule has 0 fully saturated rings. The topological polar surface area (TPSA) is 63.4 Å². The largest absolute Gasteiger partial charge is 0.591 e. The van der Waals surface area contributed by atoms with Crippen molar-refractivity contribution in [1.29, 1.82) is 0 Å². The minimum Gasteiger partial charge on any atom is -0.591 e. The molecule has 0 aromatic heterocycles. The van der Waals surface area contributed by atoms with Gasteiger partial charge >= 0.3 is 0 Å². The standard InChI is InChI=1S/C8H10O3/c9-4-3-6-1-2-7(10)8(11)5-6/h1-2,5,9-11H,3-4H2/p+1. The van der Waals surface area contributed by atoms with Gasteiger partial charge in [0.2, 0.25) is 5.75 Å². The van der Waals surface area contributed by atoms with Gasteiger partial charge in [0.25, 0.3) is 5.75 Å². The van der Waals surface area contributed by atoms with Crippen LogP contribution in [0.15, 0.2) is 18.2 Å². The van der Waals surface area contributed by atoms with Gasteiger partial charge in [0.15, 0.2) is 0 Å². The second-order valence-electron chi connectivity index (χ2n) is 2.33. The van der Waals surface area contributed by atoms with Crippen LogP contribution >= 0.6 is 0 Å². The quantitative estimate of drug-likeness (QED) is 0.606. The Morgan fingerprint density at radius 1 is 1.36 bits per heavy atom. The van der Waals surface area contributed by atoms with Crippen LogP contribution in [0, 0.1) is 0 Å². The molecule has 3 nitrogen and oxygen atoms in total. The fourth-order valence-electron chi connectivity index (χ4n) is 0.862. The molecule has 11 heavy (non-hydrogen) atoms. The molecule has 0 spiro atoms. The predicted molar refractivity (Wildman–Crippen MR) is 42.0 cm³/mol. The molecule has 60 valence electrons. The Morgan fingerprint density at radius 2 is 2.09 bits per heavy atom. The van der Waals surface area contributed by atoms with Gasteiger partial charge in [-0.1, -0.05) is 0 Å². The van der Waals surface area contributed by atoms with Crippen LogP contribution in [-0.2, 0) is 6.42 Å². The second kappa shape index (κ2) is 3.25. The Morgan fingerprint density at radius 3 is 2.64 bits per heavy atom. The number of aromatic hydroxyl groups is 1. The van der Waals surface area contributed by atoms with Gasteiger partial charge in [-0.15, -0.1) is 0 Å². The van der Waals surface area contributed by atoms with E-state index in [9.17, 15) is 0 Å².